The molecule has 1 atom stereocenters. The van der Waals surface area contributed by atoms with Gasteiger partial charge in [-0.1, -0.05) is 24.6 Å². The van der Waals surface area contributed by atoms with Gasteiger partial charge >= 0.3 is 0 Å². The summed E-state index contributed by atoms with van der Waals surface area (Å²) in [7, 11) is 0. The Kier molecular flexibility index (Phi) is 7.73. The smallest absolute Gasteiger partial charge is 0.259 e. The molecule has 0 bridgehead atoms. The predicted molar refractivity (Wildman–Crippen MR) is 187 cm³/mol. The number of anilines is 1. The molecule has 0 radical (unpaired) electrons. The van der Waals surface area contributed by atoms with Crippen molar-refractivity contribution in [2.24, 2.45) is 0 Å². The number of hydrogen-bond acceptors (Lipinski definition) is 8. The van der Waals surface area contributed by atoms with Crippen LogP contribution in [0.3, 0.4) is 0 Å². The Hall–Kier alpha value is -4.94. The van der Waals surface area contributed by atoms with Crippen LogP contribution < -0.4 is 20.4 Å². The van der Waals surface area contributed by atoms with Gasteiger partial charge in [0.25, 0.3) is 5.91 Å². The van der Waals surface area contributed by atoms with E-state index in [4.69, 9.17) is 13.9 Å². The van der Waals surface area contributed by atoms with Gasteiger partial charge in [0.2, 0.25) is 11.3 Å². The second-order valence-electron chi connectivity index (χ2n) is 13.7. The van der Waals surface area contributed by atoms with Gasteiger partial charge in [-0.15, -0.1) is 0 Å². The molecular formula is C38H38FN5O6. The number of fused-ring (bicyclic) bond motifs is 5. The van der Waals surface area contributed by atoms with Crippen molar-refractivity contribution < 1.29 is 27.9 Å². The van der Waals surface area contributed by atoms with Crippen LogP contribution >= 0.6 is 0 Å². The van der Waals surface area contributed by atoms with Crippen molar-refractivity contribution in [2.45, 2.75) is 38.1 Å². The molecule has 9 rings (SSSR count). The Bertz CT molecular complexity index is 2230. The normalized spacial score (nSPS) is 19.3. The number of carbonyl (C=O) groups is 2. The Balaban J connectivity index is 1.11. The summed E-state index contributed by atoms with van der Waals surface area (Å²) in [4.78, 5) is 46.5. The second kappa shape index (κ2) is 12.4. The molecule has 50 heavy (non-hydrogen) atoms. The summed E-state index contributed by atoms with van der Waals surface area (Å²) in [6.07, 6.45) is 6.23. The minimum atomic E-state index is -0.623. The maximum absolute atomic E-state index is 16.5. The molecule has 6 heterocycles. The van der Waals surface area contributed by atoms with Crippen LogP contribution in [-0.4, -0.2) is 91.3 Å². The minimum absolute atomic E-state index is 0.00409. The third kappa shape index (κ3) is 5.28. The van der Waals surface area contributed by atoms with Gasteiger partial charge < -0.3 is 38.5 Å². The minimum Gasteiger partial charge on any atom is -0.456 e. The number of nitrogens with zero attached hydrogens (tertiary/aromatic N) is 4. The number of ether oxygens (including phenoxy) is 2. The van der Waals surface area contributed by atoms with Crippen LogP contribution in [0.4, 0.5) is 10.1 Å². The predicted octanol–water partition coefficient (Wildman–Crippen LogP) is 5.18. The van der Waals surface area contributed by atoms with Crippen molar-refractivity contribution >= 4 is 50.3 Å². The summed E-state index contributed by atoms with van der Waals surface area (Å²) in [5.41, 5.74) is 1.89. The molecule has 3 saturated heterocycles. The molecule has 2 amide bonds. The number of nitrogens with one attached hydrogen (secondary N) is 1. The molecular weight excluding hydrogens is 641 g/mol. The van der Waals surface area contributed by atoms with E-state index < -0.39 is 17.2 Å². The average Bonchev–Trinajstić information content (AvgIpc) is 3.75. The highest BCUT2D eigenvalue weighted by Gasteiger charge is 2.35. The molecule has 4 aliphatic rings. The SMILES string of the molecule is O=C(CCN1CCCCC1)N[C@@H]1CCN(c2c(F)cc3c(=O)c(C(=O)N4CCOCC4)cn4c3c2Oc2cc3c(cc2-4)oc2ccccc23)C1. The van der Waals surface area contributed by atoms with Gasteiger partial charge in [-0.05, 0) is 50.6 Å². The molecule has 12 heteroatoms. The van der Waals surface area contributed by atoms with Crippen LogP contribution in [0.25, 0.3) is 38.5 Å². The first-order valence-electron chi connectivity index (χ1n) is 17.6. The van der Waals surface area contributed by atoms with E-state index in [1.807, 2.05) is 41.3 Å². The van der Waals surface area contributed by atoms with Crippen molar-refractivity contribution in [3.05, 3.63) is 70.3 Å². The zero-order valence-electron chi connectivity index (χ0n) is 27.7. The molecule has 2 aromatic heterocycles. The summed E-state index contributed by atoms with van der Waals surface area (Å²) < 4.78 is 36.5. The number of halogens is 1. The van der Waals surface area contributed by atoms with Crippen LogP contribution in [0.1, 0.15) is 42.5 Å². The summed E-state index contributed by atoms with van der Waals surface area (Å²) >= 11 is 0. The number of amides is 2. The number of pyridine rings is 1. The molecule has 4 aliphatic heterocycles. The second-order valence-corrected chi connectivity index (χ2v) is 13.7. The van der Waals surface area contributed by atoms with Crippen LogP contribution in [0, 0.1) is 5.82 Å². The fraction of sp³-hybridized carbons (Fsp3) is 0.395. The van der Waals surface area contributed by atoms with Gasteiger partial charge in [0.15, 0.2) is 17.3 Å². The molecule has 0 saturated carbocycles. The van der Waals surface area contributed by atoms with Crippen LogP contribution in [-0.2, 0) is 9.53 Å². The quantitative estimate of drug-likeness (QED) is 0.257. The molecule has 0 spiro atoms. The first-order valence-corrected chi connectivity index (χ1v) is 17.6. The van der Waals surface area contributed by atoms with E-state index in [-0.39, 0.29) is 34.3 Å². The summed E-state index contributed by atoms with van der Waals surface area (Å²) in [5, 5.41) is 4.95. The highest BCUT2D eigenvalue weighted by Crippen LogP contribution is 2.49. The highest BCUT2D eigenvalue weighted by atomic mass is 19.1. The van der Waals surface area contributed by atoms with Gasteiger partial charge in [-0.25, -0.2) is 4.39 Å². The van der Waals surface area contributed by atoms with E-state index in [2.05, 4.69) is 10.2 Å². The monoisotopic (exact) mass is 679 g/mol. The highest BCUT2D eigenvalue weighted by molar-refractivity contribution is 6.07. The van der Waals surface area contributed by atoms with E-state index in [0.29, 0.717) is 80.4 Å². The van der Waals surface area contributed by atoms with Gasteiger partial charge in [0, 0.05) is 68.2 Å². The van der Waals surface area contributed by atoms with Crippen molar-refractivity contribution in [3.8, 4) is 17.2 Å². The zero-order valence-corrected chi connectivity index (χ0v) is 27.7. The number of aromatic nitrogens is 1. The van der Waals surface area contributed by atoms with E-state index in [9.17, 15) is 14.4 Å². The topological polar surface area (TPSA) is 109 Å². The fourth-order valence-electron chi connectivity index (χ4n) is 8.03. The Labute approximate surface area is 287 Å². The number of carbonyl (C=O) groups excluding carboxylic acids is 2. The molecule has 1 N–H and O–H groups in total. The van der Waals surface area contributed by atoms with Crippen molar-refractivity contribution in [1.82, 2.24) is 19.7 Å². The lowest BCUT2D eigenvalue weighted by molar-refractivity contribution is -0.122. The first kappa shape index (κ1) is 31.1. The number of morpholine rings is 1. The lowest BCUT2D eigenvalue weighted by Crippen LogP contribution is -2.42. The van der Waals surface area contributed by atoms with Crippen LogP contribution in [0.15, 0.2) is 57.9 Å². The maximum atomic E-state index is 16.5. The number of hydrogen-bond donors (Lipinski definition) is 1. The van der Waals surface area contributed by atoms with E-state index in [1.165, 1.54) is 25.3 Å². The van der Waals surface area contributed by atoms with Gasteiger partial charge in [-0.2, -0.15) is 0 Å². The van der Waals surface area contributed by atoms with E-state index >= 15 is 4.39 Å². The maximum Gasteiger partial charge on any atom is 0.259 e. The standard InChI is InChI=1S/C38H38FN5O6/c39-28-18-26-34-37(35(28)43-13-8-23(21-43)40-33(45)9-12-41-10-4-1-5-11-41)50-32-19-25-24-6-2-3-7-30(24)49-31(25)20-29(32)44(34)22-27(36(26)46)38(47)42-14-16-48-17-15-42/h2-3,6-7,18-20,22-23H,1,4-5,8-17,21H2,(H,40,45)/t23-/m1/s1. The molecule has 3 fully saturated rings. The number of likely N-dealkylation sites (tertiary alicyclic amines) is 1. The summed E-state index contributed by atoms with van der Waals surface area (Å²) in [6.45, 7) is 5.18. The van der Waals surface area contributed by atoms with Gasteiger partial charge in [0.05, 0.1) is 24.3 Å². The van der Waals surface area contributed by atoms with E-state index in [1.54, 1.807) is 15.7 Å². The molecule has 3 aromatic carbocycles. The van der Waals surface area contributed by atoms with Crippen molar-refractivity contribution in [3.63, 3.8) is 0 Å². The number of furan rings is 1. The Morgan fingerprint density at radius 1 is 0.920 bits per heavy atom. The van der Waals surface area contributed by atoms with E-state index in [0.717, 1.165) is 30.4 Å². The third-order valence-electron chi connectivity index (χ3n) is 10.6. The Morgan fingerprint density at radius 2 is 1.74 bits per heavy atom. The first-order chi connectivity index (χ1) is 24.4. The van der Waals surface area contributed by atoms with Crippen molar-refractivity contribution in [2.75, 3.05) is 63.9 Å². The van der Waals surface area contributed by atoms with Crippen molar-refractivity contribution in [1.29, 1.82) is 0 Å². The molecule has 258 valence electrons. The average molecular weight is 680 g/mol. The zero-order chi connectivity index (χ0) is 33.9. The molecule has 0 unspecified atom stereocenters. The Morgan fingerprint density at radius 3 is 2.58 bits per heavy atom. The molecule has 0 aliphatic carbocycles. The summed E-state index contributed by atoms with van der Waals surface area (Å²) in [5.74, 6) is -0.400. The third-order valence-corrected chi connectivity index (χ3v) is 10.6. The van der Waals surface area contributed by atoms with Crippen LogP contribution in [0.2, 0.25) is 0 Å². The largest absolute Gasteiger partial charge is 0.456 e. The number of rotatable bonds is 6. The fourth-order valence-corrected chi connectivity index (χ4v) is 8.03. The number of piperidine rings is 1. The van der Waals surface area contributed by atoms with Crippen LogP contribution in [0.5, 0.6) is 11.5 Å². The van der Waals surface area contributed by atoms with Gasteiger partial charge in [-0.3, -0.25) is 14.4 Å². The lowest BCUT2D eigenvalue weighted by Gasteiger charge is -2.30. The number of benzene rings is 3. The summed E-state index contributed by atoms with van der Waals surface area (Å²) in [6, 6.07) is 12.5. The molecule has 11 nitrogen and oxygen atoms in total. The number of para-hydroxylation sites is 1. The molecule has 5 aromatic rings. The van der Waals surface area contributed by atoms with Gasteiger partial charge in [0.1, 0.15) is 27.9 Å². The lowest BCUT2D eigenvalue weighted by atomic mass is 10.0.